The number of carboxylic acids is 1. The van der Waals surface area contributed by atoms with Gasteiger partial charge >= 0.3 is 11.9 Å². The summed E-state index contributed by atoms with van der Waals surface area (Å²) in [6, 6.07) is 6.67. The third kappa shape index (κ3) is 6.86. The van der Waals surface area contributed by atoms with Crippen LogP contribution in [0.2, 0.25) is 0 Å². The fourth-order valence-electron chi connectivity index (χ4n) is 2.80. The number of alkyl halides is 3. The lowest BCUT2D eigenvalue weighted by Crippen LogP contribution is -2.47. The highest BCUT2D eigenvalue weighted by Gasteiger charge is 2.26. The van der Waals surface area contributed by atoms with Gasteiger partial charge in [0.2, 0.25) is 5.82 Å². The molecule has 9 nitrogen and oxygen atoms in total. The number of halogens is 3. The fourth-order valence-corrected chi connectivity index (χ4v) is 2.80. The number of nitrogens with one attached hydrogen (secondary N) is 1. The number of hydrogen-bond acceptors (Lipinski definition) is 7. The molecular weight excluding hydrogens is 433 g/mol. The van der Waals surface area contributed by atoms with Crippen LogP contribution in [-0.4, -0.2) is 38.6 Å². The van der Waals surface area contributed by atoms with Crippen molar-refractivity contribution in [2.75, 3.05) is 11.9 Å². The van der Waals surface area contributed by atoms with E-state index in [-0.39, 0.29) is 18.9 Å². The molecule has 1 heterocycles. The molecule has 1 N–H and O–H groups in total. The summed E-state index contributed by atoms with van der Waals surface area (Å²) in [5.74, 6) is -1.20. The predicted octanol–water partition coefficient (Wildman–Crippen LogP) is 0.846. The van der Waals surface area contributed by atoms with Crippen LogP contribution in [0, 0.1) is 0 Å². The van der Waals surface area contributed by atoms with Gasteiger partial charge in [-0.15, -0.1) is 5.10 Å². The molecule has 0 atom stereocenters. The predicted molar refractivity (Wildman–Crippen MR) is 107 cm³/mol. The first-order valence-corrected chi connectivity index (χ1v) is 9.78. The van der Waals surface area contributed by atoms with Crippen LogP contribution in [0.25, 0.3) is 0 Å². The van der Waals surface area contributed by atoms with E-state index in [2.05, 4.69) is 10.4 Å². The van der Waals surface area contributed by atoms with Crippen LogP contribution in [0.5, 0.6) is 5.75 Å². The molecule has 0 aliphatic carbocycles. The minimum absolute atomic E-state index is 0.162. The van der Waals surface area contributed by atoms with Gasteiger partial charge in [0.25, 0.3) is 5.56 Å². The summed E-state index contributed by atoms with van der Waals surface area (Å²) in [6.07, 6.45) is -5.50. The SMILES string of the molecule is Cn1nc(NCCc2cccc(OC(C)(C)C(=O)[O-])c2)c(=O)n(CCCC(F)(F)F)c1=O. The average Bonchev–Trinajstić information content (AvgIpc) is 2.67. The molecule has 0 amide bonds. The second kappa shape index (κ2) is 9.88. The standard InChI is InChI=1S/C20H25F3N4O5/c1-19(2,17(29)30)32-14-7-4-6-13(12-14)8-10-24-15-16(28)27(18(31)26(3)25-15)11-5-9-20(21,22)23/h4,6-7,12H,5,8-11H2,1-3H3,(H,24,25)(H,29,30)/p-1. The van der Waals surface area contributed by atoms with Gasteiger partial charge in [0.15, 0.2) is 0 Å². The third-order valence-corrected chi connectivity index (χ3v) is 4.52. The maximum Gasteiger partial charge on any atom is 0.389 e. The zero-order chi connectivity index (χ0) is 24.1. The number of carboxylic acid groups (broad SMARTS) is 1. The van der Waals surface area contributed by atoms with Crippen LogP contribution in [0.1, 0.15) is 32.3 Å². The Hall–Kier alpha value is -3.31. The highest BCUT2D eigenvalue weighted by atomic mass is 19.4. The van der Waals surface area contributed by atoms with E-state index < -0.39 is 41.8 Å². The van der Waals surface area contributed by atoms with Crippen molar-refractivity contribution in [1.82, 2.24) is 14.3 Å². The lowest BCUT2D eigenvalue weighted by molar-refractivity contribution is -0.320. The van der Waals surface area contributed by atoms with Gasteiger partial charge in [-0.25, -0.2) is 9.48 Å². The summed E-state index contributed by atoms with van der Waals surface area (Å²) in [5, 5.41) is 17.7. The first kappa shape index (κ1) is 25.0. The summed E-state index contributed by atoms with van der Waals surface area (Å²) in [6.45, 7) is 2.56. The second-order valence-corrected chi connectivity index (χ2v) is 7.65. The Morgan fingerprint density at radius 1 is 1.25 bits per heavy atom. The molecule has 1 aromatic carbocycles. The Bertz CT molecular complexity index is 1080. The van der Waals surface area contributed by atoms with Crippen LogP contribution >= 0.6 is 0 Å². The van der Waals surface area contributed by atoms with E-state index in [1.54, 1.807) is 24.3 Å². The van der Waals surface area contributed by atoms with E-state index in [9.17, 15) is 32.7 Å². The third-order valence-electron chi connectivity index (χ3n) is 4.52. The van der Waals surface area contributed by atoms with E-state index in [1.165, 1.54) is 20.9 Å². The highest BCUT2D eigenvalue weighted by molar-refractivity contribution is 5.74. The first-order chi connectivity index (χ1) is 14.8. The van der Waals surface area contributed by atoms with E-state index in [4.69, 9.17) is 4.74 Å². The zero-order valence-electron chi connectivity index (χ0n) is 17.9. The lowest BCUT2D eigenvalue weighted by atomic mass is 10.1. The van der Waals surface area contributed by atoms with Gasteiger partial charge in [-0.05, 0) is 44.4 Å². The van der Waals surface area contributed by atoms with Crippen LogP contribution < -0.4 is 26.4 Å². The summed E-state index contributed by atoms with van der Waals surface area (Å²) in [5.41, 5.74) is -2.36. The largest absolute Gasteiger partial charge is 0.546 e. The summed E-state index contributed by atoms with van der Waals surface area (Å²) >= 11 is 0. The van der Waals surface area contributed by atoms with E-state index in [0.717, 1.165) is 14.8 Å². The van der Waals surface area contributed by atoms with Crippen molar-refractivity contribution in [3.05, 3.63) is 50.7 Å². The minimum Gasteiger partial charge on any atom is -0.546 e. The van der Waals surface area contributed by atoms with Crippen LogP contribution in [0.4, 0.5) is 19.0 Å². The minimum atomic E-state index is -4.38. The Balaban J connectivity index is 2.07. The van der Waals surface area contributed by atoms with Gasteiger partial charge in [-0.3, -0.25) is 9.36 Å². The molecule has 0 aliphatic rings. The van der Waals surface area contributed by atoms with Gasteiger partial charge < -0.3 is 20.0 Å². The number of aryl methyl sites for hydroxylation is 1. The second-order valence-electron chi connectivity index (χ2n) is 7.65. The smallest absolute Gasteiger partial charge is 0.389 e. The quantitative estimate of drug-likeness (QED) is 0.562. The van der Waals surface area contributed by atoms with Crippen molar-refractivity contribution in [1.29, 1.82) is 0 Å². The molecule has 0 radical (unpaired) electrons. The number of hydrogen-bond donors (Lipinski definition) is 1. The maximum absolute atomic E-state index is 12.5. The average molecular weight is 457 g/mol. The van der Waals surface area contributed by atoms with Gasteiger partial charge in [0.05, 0.1) is 5.97 Å². The molecule has 0 spiro atoms. The topological polar surface area (TPSA) is 118 Å². The van der Waals surface area contributed by atoms with E-state index >= 15 is 0 Å². The number of carbonyl (C=O) groups excluding carboxylic acids is 1. The first-order valence-electron chi connectivity index (χ1n) is 9.78. The van der Waals surface area contributed by atoms with Gasteiger partial charge in [-0.1, -0.05) is 12.1 Å². The highest BCUT2D eigenvalue weighted by Crippen LogP contribution is 2.21. The van der Waals surface area contributed by atoms with Crippen molar-refractivity contribution in [3.63, 3.8) is 0 Å². The number of benzene rings is 1. The Morgan fingerprint density at radius 3 is 2.56 bits per heavy atom. The molecule has 2 aromatic rings. The molecule has 12 heteroatoms. The van der Waals surface area contributed by atoms with Crippen molar-refractivity contribution < 1.29 is 27.8 Å². The number of anilines is 1. The number of carbonyl (C=O) groups is 1. The van der Waals surface area contributed by atoms with Gasteiger partial charge in [0.1, 0.15) is 11.4 Å². The molecule has 2 rings (SSSR count). The molecule has 0 bridgehead atoms. The number of aliphatic carboxylic acids is 1. The Morgan fingerprint density at radius 2 is 1.94 bits per heavy atom. The molecule has 0 unspecified atom stereocenters. The lowest BCUT2D eigenvalue weighted by Gasteiger charge is -2.27. The van der Waals surface area contributed by atoms with Crippen LogP contribution in [-0.2, 0) is 24.8 Å². The molecule has 0 saturated heterocycles. The summed E-state index contributed by atoms with van der Waals surface area (Å²) in [7, 11) is 1.30. The molecule has 0 fully saturated rings. The van der Waals surface area contributed by atoms with Gasteiger partial charge in [0, 0.05) is 26.6 Å². The Labute approximate surface area is 181 Å². The molecule has 0 saturated carbocycles. The molecular formula is C20H24F3N4O5-. The maximum atomic E-state index is 12.5. The number of aromatic nitrogens is 3. The van der Waals surface area contributed by atoms with Crippen molar-refractivity contribution in [3.8, 4) is 5.75 Å². The number of nitrogens with zero attached hydrogens (tertiary/aromatic N) is 3. The van der Waals surface area contributed by atoms with Crippen molar-refractivity contribution in [2.45, 2.75) is 51.4 Å². The molecule has 0 aliphatic heterocycles. The van der Waals surface area contributed by atoms with Gasteiger partial charge in [-0.2, -0.15) is 13.2 Å². The summed E-state index contributed by atoms with van der Waals surface area (Å²) in [4.78, 5) is 35.7. The summed E-state index contributed by atoms with van der Waals surface area (Å²) < 4.78 is 44.1. The Kier molecular flexibility index (Phi) is 7.70. The van der Waals surface area contributed by atoms with Crippen molar-refractivity contribution >= 4 is 11.8 Å². The molecule has 176 valence electrons. The molecule has 32 heavy (non-hydrogen) atoms. The van der Waals surface area contributed by atoms with Crippen LogP contribution in [0.15, 0.2) is 33.9 Å². The number of rotatable bonds is 10. The fraction of sp³-hybridized carbons (Fsp3) is 0.500. The van der Waals surface area contributed by atoms with E-state index in [1.807, 2.05) is 0 Å². The van der Waals surface area contributed by atoms with E-state index in [0.29, 0.717) is 12.2 Å². The van der Waals surface area contributed by atoms with Crippen LogP contribution in [0.3, 0.4) is 0 Å². The number of ether oxygens (including phenoxy) is 1. The normalized spacial score (nSPS) is 11.9. The monoisotopic (exact) mass is 457 g/mol. The van der Waals surface area contributed by atoms with Crippen molar-refractivity contribution in [2.24, 2.45) is 7.05 Å². The molecule has 1 aromatic heterocycles. The zero-order valence-corrected chi connectivity index (χ0v) is 17.9.